The Labute approximate surface area is 209 Å². The molecule has 0 heterocycles. The standard InChI is InChI=1S/C25H31NO6S2/c1-24(2,3)31-22(28)26(23(29)32-25(4,5)6)17-13-19(33-8)15-20(14-17)34-18-11-9-16(10-12-18)21(27)30-7/h9-15H,1-8H3. The number of carbonyl (C=O) groups excluding carboxylic acids is 3. The maximum absolute atomic E-state index is 13.0. The van der Waals surface area contributed by atoms with Gasteiger partial charge in [0.25, 0.3) is 0 Å². The molecule has 0 bridgehead atoms. The number of thioether (sulfide) groups is 1. The molecule has 2 aromatic rings. The van der Waals surface area contributed by atoms with Gasteiger partial charge in [0.2, 0.25) is 0 Å². The molecule has 0 N–H and O–H groups in total. The number of carbonyl (C=O) groups is 3. The number of ether oxygens (including phenoxy) is 3. The fourth-order valence-electron chi connectivity index (χ4n) is 2.68. The summed E-state index contributed by atoms with van der Waals surface area (Å²) in [6, 6.07) is 12.4. The summed E-state index contributed by atoms with van der Waals surface area (Å²) in [6.07, 6.45) is 0.265. The molecule has 0 aliphatic heterocycles. The van der Waals surface area contributed by atoms with Crippen LogP contribution in [0.1, 0.15) is 51.9 Å². The van der Waals surface area contributed by atoms with Crippen LogP contribution in [0.25, 0.3) is 0 Å². The van der Waals surface area contributed by atoms with E-state index in [0.29, 0.717) is 11.3 Å². The van der Waals surface area contributed by atoms with Crippen LogP contribution in [0.4, 0.5) is 15.3 Å². The summed E-state index contributed by atoms with van der Waals surface area (Å²) in [5, 5.41) is 0. The van der Waals surface area contributed by atoms with Gasteiger partial charge in [-0.05, 0) is 90.3 Å². The van der Waals surface area contributed by atoms with Crippen LogP contribution in [0, 0.1) is 0 Å². The van der Waals surface area contributed by atoms with Gasteiger partial charge in [0.05, 0.1) is 18.4 Å². The summed E-state index contributed by atoms with van der Waals surface area (Å²) in [5.41, 5.74) is -0.809. The fraction of sp³-hybridized carbons (Fsp3) is 0.400. The SMILES string of the molecule is COC(=O)c1ccc(Sc2cc(SC)cc(N(C(=O)OC(C)(C)C)C(=O)OC(C)(C)C)c2)cc1. The summed E-state index contributed by atoms with van der Waals surface area (Å²) < 4.78 is 15.7. The van der Waals surface area contributed by atoms with Crippen LogP contribution in [0.15, 0.2) is 57.2 Å². The lowest BCUT2D eigenvalue weighted by Crippen LogP contribution is -2.43. The van der Waals surface area contributed by atoms with E-state index in [9.17, 15) is 14.4 Å². The first-order valence-electron chi connectivity index (χ1n) is 10.5. The van der Waals surface area contributed by atoms with Crippen molar-refractivity contribution in [3.8, 4) is 0 Å². The Kier molecular flexibility index (Phi) is 9.08. The number of methoxy groups -OCH3 is 1. The second kappa shape index (κ2) is 11.2. The summed E-state index contributed by atoms with van der Waals surface area (Å²) in [6.45, 7) is 10.4. The van der Waals surface area contributed by atoms with E-state index in [2.05, 4.69) is 0 Å². The Morgan fingerprint density at radius 1 is 0.765 bits per heavy atom. The number of esters is 1. The molecule has 0 atom stereocenters. The van der Waals surface area contributed by atoms with Gasteiger partial charge < -0.3 is 14.2 Å². The van der Waals surface area contributed by atoms with Gasteiger partial charge in [0.15, 0.2) is 0 Å². The van der Waals surface area contributed by atoms with Gasteiger partial charge in [0.1, 0.15) is 11.2 Å². The number of imide groups is 1. The van der Waals surface area contributed by atoms with E-state index in [0.717, 1.165) is 19.6 Å². The summed E-state index contributed by atoms with van der Waals surface area (Å²) in [4.78, 5) is 41.2. The number of hydrogen-bond donors (Lipinski definition) is 0. The van der Waals surface area contributed by atoms with Gasteiger partial charge >= 0.3 is 18.2 Å². The molecular weight excluding hydrogens is 474 g/mol. The molecular formula is C25H31NO6S2. The summed E-state index contributed by atoms with van der Waals surface area (Å²) in [5.74, 6) is -0.409. The van der Waals surface area contributed by atoms with Gasteiger partial charge in [-0.25, -0.2) is 14.4 Å². The van der Waals surface area contributed by atoms with Crippen LogP contribution in [-0.4, -0.2) is 42.7 Å². The van der Waals surface area contributed by atoms with Crippen LogP contribution in [0.5, 0.6) is 0 Å². The number of nitrogens with zero attached hydrogens (tertiary/aromatic N) is 1. The van der Waals surface area contributed by atoms with Gasteiger partial charge in [-0.2, -0.15) is 4.90 Å². The first-order chi connectivity index (χ1) is 15.7. The molecule has 2 amide bonds. The highest BCUT2D eigenvalue weighted by molar-refractivity contribution is 7.99. The van der Waals surface area contributed by atoms with E-state index in [1.54, 1.807) is 65.8 Å². The lowest BCUT2D eigenvalue weighted by atomic mass is 10.2. The Morgan fingerprint density at radius 3 is 1.71 bits per heavy atom. The zero-order chi connectivity index (χ0) is 25.7. The molecule has 0 aliphatic rings. The minimum atomic E-state index is -0.821. The predicted molar refractivity (Wildman–Crippen MR) is 135 cm³/mol. The van der Waals surface area contributed by atoms with E-state index in [-0.39, 0.29) is 0 Å². The molecule has 9 heteroatoms. The molecule has 0 spiro atoms. The average molecular weight is 506 g/mol. The van der Waals surface area contributed by atoms with Gasteiger partial charge in [-0.3, -0.25) is 0 Å². The topological polar surface area (TPSA) is 82.1 Å². The van der Waals surface area contributed by atoms with Crippen molar-refractivity contribution in [1.82, 2.24) is 0 Å². The fourth-order valence-corrected chi connectivity index (χ4v) is 4.14. The normalized spacial score (nSPS) is 11.5. The second-order valence-electron chi connectivity index (χ2n) is 9.28. The van der Waals surface area contributed by atoms with Crippen molar-refractivity contribution in [2.75, 3.05) is 18.3 Å². The molecule has 0 aromatic heterocycles. The monoisotopic (exact) mass is 505 g/mol. The van der Waals surface area contributed by atoms with Crippen LogP contribution >= 0.6 is 23.5 Å². The van der Waals surface area contributed by atoms with E-state index in [1.165, 1.54) is 30.6 Å². The van der Waals surface area contributed by atoms with Crippen LogP contribution in [-0.2, 0) is 14.2 Å². The average Bonchev–Trinajstić information content (AvgIpc) is 2.71. The second-order valence-corrected chi connectivity index (χ2v) is 11.3. The van der Waals surface area contributed by atoms with Crippen molar-refractivity contribution in [3.05, 3.63) is 48.0 Å². The lowest BCUT2D eigenvalue weighted by Gasteiger charge is -2.29. The number of hydrogen-bond acceptors (Lipinski definition) is 8. The van der Waals surface area contributed by atoms with E-state index < -0.39 is 29.4 Å². The van der Waals surface area contributed by atoms with E-state index >= 15 is 0 Å². The van der Waals surface area contributed by atoms with Crippen LogP contribution in [0.2, 0.25) is 0 Å². The molecule has 0 radical (unpaired) electrons. The van der Waals surface area contributed by atoms with Crippen LogP contribution in [0.3, 0.4) is 0 Å². The zero-order valence-electron chi connectivity index (χ0n) is 20.8. The van der Waals surface area contributed by atoms with Gasteiger partial charge in [-0.1, -0.05) is 11.8 Å². The maximum atomic E-state index is 13.0. The molecule has 2 aromatic carbocycles. The van der Waals surface area contributed by atoms with E-state index in [4.69, 9.17) is 14.2 Å². The van der Waals surface area contributed by atoms with Crippen molar-refractivity contribution >= 4 is 47.4 Å². The van der Waals surface area contributed by atoms with Crippen LogP contribution < -0.4 is 4.90 Å². The number of anilines is 1. The molecule has 0 aliphatic carbocycles. The highest BCUT2D eigenvalue weighted by Crippen LogP contribution is 2.35. The Bertz CT molecular complexity index is 1010. The van der Waals surface area contributed by atoms with E-state index in [1.807, 2.05) is 24.5 Å². The quantitative estimate of drug-likeness (QED) is 0.243. The summed E-state index contributed by atoms with van der Waals surface area (Å²) >= 11 is 2.91. The van der Waals surface area contributed by atoms with Gasteiger partial charge in [-0.15, -0.1) is 11.8 Å². The van der Waals surface area contributed by atoms with Crippen molar-refractivity contribution in [2.24, 2.45) is 0 Å². The molecule has 34 heavy (non-hydrogen) atoms. The zero-order valence-corrected chi connectivity index (χ0v) is 22.4. The van der Waals surface area contributed by atoms with Gasteiger partial charge in [0, 0.05) is 14.7 Å². The number of benzene rings is 2. The van der Waals surface area contributed by atoms with Crippen molar-refractivity contribution in [3.63, 3.8) is 0 Å². The third-order valence-corrected chi connectivity index (χ3v) is 5.71. The molecule has 0 fully saturated rings. The Hall–Kier alpha value is -2.65. The maximum Gasteiger partial charge on any atom is 0.424 e. The first kappa shape index (κ1) is 27.6. The van der Waals surface area contributed by atoms with Crippen molar-refractivity contribution in [1.29, 1.82) is 0 Å². The molecule has 0 saturated carbocycles. The third-order valence-electron chi connectivity index (χ3n) is 4.02. The minimum Gasteiger partial charge on any atom is -0.465 e. The molecule has 184 valence electrons. The third kappa shape index (κ3) is 8.29. The summed E-state index contributed by atoms with van der Waals surface area (Å²) in [7, 11) is 1.33. The minimum absolute atomic E-state index is 0.337. The first-order valence-corrected chi connectivity index (χ1v) is 12.6. The molecule has 0 saturated heterocycles. The predicted octanol–water partition coefficient (Wildman–Crippen LogP) is 7.02. The Balaban J connectivity index is 2.46. The molecule has 2 rings (SSSR count). The molecule has 7 nitrogen and oxygen atoms in total. The highest BCUT2D eigenvalue weighted by atomic mass is 32.2. The number of amides is 2. The largest absolute Gasteiger partial charge is 0.465 e. The lowest BCUT2D eigenvalue weighted by molar-refractivity contribution is 0.0429. The molecule has 0 unspecified atom stereocenters. The van der Waals surface area contributed by atoms with Crippen molar-refractivity contribution < 1.29 is 28.6 Å². The number of rotatable bonds is 5. The highest BCUT2D eigenvalue weighted by Gasteiger charge is 2.33. The van der Waals surface area contributed by atoms with Crippen molar-refractivity contribution in [2.45, 2.75) is 67.4 Å². The smallest absolute Gasteiger partial charge is 0.424 e. The Morgan fingerprint density at radius 2 is 1.26 bits per heavy atom.